The lowest BCUT2D eigenvalue weighted by Crippen LogP contribution is -2.20. The predicted molar refractivity (Wildman–Crippen MR) is 90.2 cm³/mol. The van der Waals surface area contributed by atoms with Gasteiger partial charge in [-0.1, -0.05) is 70.3 Å². The van der Waals surface area contributed by atoms with Crippen LogP contribution < -0.4 is 5.32 Å². The molecule has 0 saturated heterocycles. The third-order valence-corrected chi connectivity index (χ3v) is 4.29. The Hall–Kier alpha value is -0.830. The summed E-state index contributed by atoms with van der Waals surface area (Å²) in [7, 11) is 0. The first-order valence-corrected chi connectivity index (χ1v) is 8.01. The Morgan fingerprint density at radius 3 is 2.45 bits per heavy atom. The first-order chi connectivity index (χ1) is 9.60. The molecule has 2 rings (SSSR count). The highest BCUT2D eigenvalue weighted by Crippen LogP contribution is 2.23. The van der Waals surface area contributed by atoms with Crippen molar-refractivity contribution in [1.82, 2.24) is 5.32 Å². The molecule has 0 radical (unpaired) electrons. The summed E-state index contributed by atoms with van der Waals surface area (Å²) in [5, 5.41) is 4.38. The standard InChI is InChI=1S/C17H19BrClN/c1-3-17(13-6-4-12(2)5-7-13)20-11-14-8-9-15(18)10-16(14)19/h4-10,17,20H,3,11H2,1-2H3. The van der Waals surface area contributed by atoms with Gasteiger partial charge in [0.15, 0.2) is 0 Å². The number of benzene rings is 2. The van der Waals surface area contributed by atoms with E-state index in [4.69, 9.17) is 11.6 Å². The molecule has 3 heteroatoms. The molecular formula is C17H19BrClN. The predicted octanol–water partition coefficient (Wildman–Crippen LogP) is 5.65. The highest BCUT2D eigenvalue weighted by Gasteiger charge is 2.09. The van der Waals surface area contributed by atoms with Crippen molar-refractivity contribution in [2.75, 3.05) is 0 Å². The summed E-state index contributed by atoms with van der Waals surface area (Å²) in [4.78, 5) is 0. The molecule has 0 amide bonds. The molecule has 20 heavy (non-hydrogen) atoms. The fourth-order valence-electron chi connectivity index (χ4n) is 2.19. The molecule has 2 aromatic carbocycles. The molecular weight excluding hydrogens is 334 g/mol. The quantitative estimate of drug-likeness (QED) is 0.733. The Labute approximate surface area is 134 Å². The third-order valence-electron chi connectivity index (χ3n) is 3.44. The van der Waals surface area contributed by atoms with Crippen molar-refractivity contribution in [3.63, 3.8) is 0 Å². The maximum atomic E-state index is 6.25. The minimum Gasteiger partial charge on any atom is -0.306 e. The second kappa shape index (κ2) is 7.26. The lowest BCUT2D eigenvalue weighted by atomic mass is 10.0. The largest absolute Gasteiger partial charge is 0.306 e. The summed E-state index contributed by atoms with van der Waals surface area (Å²) in [6.45, 7) is 5.08. The van der Waals surface area contributed by atoms with Crippen LogP contribution in [0.2, 0.25) is 5.02 Å². The van der Waals surface area contributed by atoms with E-state index in [0.29, 0.717) is 6.04 Å². The van der Waals surface area contributed by atoms with Gasteiger partial charge in [-0.15, -0.1) is 0 Å². The van der Waals surface area contributed by atoms with E-state index < -0.39 is 0 Å². The Morgan fingerprint density at radius 1 is 1.15 bits per heavy atom. The first-order valence-electron chi connectivity index (χ1n) is 6.84. The van der Waals surface area contributed by atoms with E-state index in [1.54, 1.807) is 0 Å². The first kappa shape index (κ1) is 15.6. The summed E-state index contributed by atoms with van der Waals surface area (Å²) in [6, 6.07) is 15.1. The number of hydrogen-bond donors (Lipinski definition) is 1. The molecule has 1 unspecified atom stereocenters. The van der Waals surface area contributed by atoms with Gasteiger partial charge in [-0.25, -0.2) is 0 Å². The summed E-state index contributed by atoms with van der Waals surface area (Å²) < 4.78 is 1.01. The fraction of sp³-hybridized carbons (Fsp3) is 0.294. The normalized spacial score (nSPS) is 12.4. The lowest BCUT2D eigenvalue weighted by Gasteiger charge is -2.18. The molecule has 0 fully saturated rings. The highest BCUT2D eigenvalue weighted by atomic mass is 79.9. The van der Waals surface area contributed by atoms with Gasteiger partial charge in [0, 0.05) is 22.1 Å². The number of nitrogens with one attached hydrogen (secondary N) is 1. The van der Waals surface area contributed by atoms with E-state index in [1.807, 2.05) is 12.1 Å². The summed E-state index contributed by atoms with van der Waals surface area (Å²) in [5.74, 6) is 0. The van der Waals surface area contributed by atoms with Crippen LogP contribution in [0.1, 0.15) is 36.1 Å². The van der Waals surface area contributed by atoms with Crippen molar-refractivity contribution in [1.29, 1.82) is 0 Å². The second-order valence-corrected chi connectivity index (χ2v) is 6.31. The van der Waals surface area contributed by atoms with Crippen molar-refractivity contribution < 1.29 is 0 Å². The summed E-state index contributed by atoms with van der Waals surface area (Å²) in [6.07, 6.45) is 1.05. The van der Waals surface area contributed by atoms with Crippen molar-refractivity contribution in [3.05, 3.63) is 68.7 Å². The summed E-state index contributed by atoms with van der Waals surface area (Å²) in [5.41, 5.74) is 3.74. The van der Waals surface area contributed by atoms with Crippen molar-refractivity contribution in [2.24, 2.45) is 0 Å². The minimum absolute atomic E-state index is 0.357. The van der Waals surface area contributed by atoms with Gasteiger partial charge < -0.3 is 5.32 Å². The van der Waals surface area contributed by atoms with Gasteiger partial charge in [-0.2, -0.15) is 0 Å². The van der Waals surface area contributed by atoms with E-state index in [1.165, 1.54) is 11.1 Å². The van der Waals surface area contributed by atoms with Crippen LogP contribution in [0.15, 0.2) is 46.9 Å². The van der Waals surface area contributed by atoms with Crippen LogP contribution in [0, 0.1) is 6.92 Å². The summed E-state index contributed by atoms with van der Waals surface area (Å²) >= 11 is 9.68. The molecule has 0 aliphatic rings. The molecule has 106 valence electrons. The van der Waals surface area contributed by atoms with E-state index in [9.17, 15) is 0 Å². The number of halogens is 2. The van der Waals surface area contributed by atoms with Crippen LogP contribution in [-0.2, 0) is 6.54 Å². The van der Waals surface area contributed by atoms with E-state index in [-0.39, 0.29) is 0 Å². The van der Waals surface area contributed by atoms with Crippen molar-refractivity contribution >= 4 is 27.5 Å². The SMILES string of the molecule is CCC(NCc1ccc(Br)cc1Cl)c1ccc(C)cc1. The molecule has 0 aliphatic heterocycles. The Bertz CT molecular complexity index is 566. The average Bonchev–Trinajstić information content (AvgIpc) is 2.43. The van der Waals surface area contributed by atoms with Crippen LogP contribution in [0.3, 0.4) is 0 Å². The molecule has 2 aromatic rings. The molecule has 0 aromatic heterocycles. The van der Waals surface area contributed by atoms with E-state index >= 15 is 0 Å². The fourth-order valence-corrected chi connectivity index (χ4v) is 2.94. The zero-order chi connectivity index (χ0) is 14.5. The molecule has 0 spiro atoms. The molecule has 1 atom stereocenters. The smallest absolute Gasteiger partial charge is 0.0462 e. The zero-order valence-electron chi connectivity index (χ0n) is 11.8. The molecule has 1 nitrogen and oxygen atoms in total. The van der Waals surface area contributed by atoms with Gasteiger partial charge in [0.25, 0.3) is 0 Å². The zero-order valence-corrected chi connectivity index (χ0v) is 14.1. The van der Waals surface area contributed by atoms with Gasteiger partial charge in [0.1, 0.15) is 0 Å². The van der Waals surface area contributed by atoms with Gasteiger partial charge in [-0.05, 0) is 36.6 Å². The molecule has 0 saturated carbocycles. The van der Waals surface area contributed by atoms with E-state index in [2.05, 4.69) is 65.4 Å². The van der Waals surface area contributed by atoms with Crippen LogP contribution in [0.4, 0.5) is 0 Å². The maximum Gasteiger partial charge on any atom is 0.0462 e. The van der Waals surface area contributed by atoms with Crippen LogP contribution in [-0.4, -0.2) is 0 Å². The monoisotopic (exact) mass is 351 g/mol. The average molecular weight is 353 g/mol. The van der Waals surface area contributed by atoms with Gasteiger partial charge in [0.2, 0.25) is 0 Å². The molecule has 1 N–H and O–H groups in total. The number of aryl methyl sites for hydroxylation is 1. The van der Waals surface area contributed by atoms with Crippen molar-refractivity contribution in [3.8, 4) is 0 Å². The Balaban J connectivity index is 2.05. The molecule has 0 aliphatic carbocycles. The van der Waals surface area contributed by atoms with Crippen LogP contribution >= 0.6 is 27.5 Å². The van der Waals surface area contributed by atoms with Gasteiger partial charge >= 0.3 is 0 Å². The maximum absolute atomic E-state index is 6.25. The van der Waals surface area contributed by atoms with Crippen LogP contribution in [0.5, 0.6) is 0 Å². The highest BCUT2D eigenvalue weighted by molar-refractivity contribution is 9.10. The Morgan fingerprint density at radius 2 is 1.85 bits per heavy atom. The lowest BCUT2D eigenvalue weighted by molar-refractivity contribution is 0.519. The third kappa shape index (κ3) is 4.08. The Kier molecular flexibility index (Phi) is 5.64. The topological polar surface area (TPSA) is 12.0 Å². The number of rotatable bonds is 5. The van der Waals surface area contributed by atoms with Crippen molar-refractivity contribution in [2.45, 2.75) is 32.9 Å². The van der Waals surface area contributed by atoms with Gasteiger partial charge in [-0.3, -0.25) is 0 Å². The molecule has 0 bridgehead atoms. The van der Waals surface area contributed by atoms with Gasteiger partial charge in [0.05, 0.1) is 0 Å². The minimum atomic E-state index is 0.357. The van der Waals surface area contributed by atoms with E-state index in [0.717, 1.165) is 28.0 Å². The van der Waals surface area contributed by atoms with Crippen LogP contribution in [0.25, 0.3) is 0 Å². The molecule has 0 heterocycles. The second-order valence-electron chi connectivity index (χ2n) is 4.99. The number of hydrogen-bond acceptors (Lipinski definition) is 1.